The van der Waals surface area contributed by atoms with Crippen molar-refractivity contribution in [3.63, 3.8) is 0 Å². The molecule has 0 radical (unpaired) electrons. The van der Waals surface area contributed by atoms with Crippen molar-refractivity contribution in [1.82, 2.24) is 4.72 Å². The summed E-state index contributed by atoms with van der Waals surface area (Å²) in [6.45, 7) is 9.44. The second-order valence-electron chi connectivity index (χ2n) is 5.93. The van der Waals surface area contributed by atoms with Gasteiger partial charge in [0.2, 0.25) is 10.0 Å². The summed E-state index contributed by atoms with van der Waals surface area (Å²) in [5.41, 5.74) is 1.56. The third-order valence-corrected chi connectivity index (χ3v) is 4.48. The number of nitrogens with one attached hydrogen (secondary N) is 1. The molecule has 1 rings (SSSR count). The fourth-order valence-corrected chi connectivity index (χ4v) is 3.05. The Morgan fingerprint density at radius 3 is 2.37 bits per heavy atom. The normalized spacial score (nSPS) is 14.4. The van der Waals surface area contributed by atoms with Crippen LogP contribution in [0, 0.1) is 6.92 Å². The minimum absolute atomic E-state index is 0.0154. The summed E-state index contributed by atoms with van der Waals surface area (Å²) >= 11 is 0. The summed E-state index contributed by atoms with van der Waals surface area (Å²) < 4.78 is 26.8. The molecule has 4 nitrogen and oxygen atoms in total. The summed E-state index contributed by atoms with van der Waals surface area (Å²) in [7, 11) is -3.58. The lowest BCUT2D eigenvalue weighted by Crippen LogP contribution is -2.31. The Balaban J connectivity index is 3.19. The first-order valence-corrected chi connectivity index (χ1v) is 7.81. The largest absolute Gasteiger partial charge is 0.392 e. The highest BCUT2D eigenvalue weighted by Crippen LogP contribution is 2.26. The van der Waals surface area contributed by atoms with Crippen LogP contribution in [0.4, 0.5) is 0 Å². The van der Waals surface area contributed by atoms with Crippen LogP contribution in [0.25, 0.3) is 0 Å². The van der Waals surface area contributed by atoms with Gasteiger partial charge in [-0.05, 0) is 36.5 Å². The molecule has 0 saturated heterocycles. The van der Waals surface area contributed by atoms with Gasteiger partial charge in [-0.3, -0.25) is 0 Å². The molecule has 0 aliphatic heterocycles. The van der Waals surface area contributed by atoms with E-state index < -0.39 is 16.1 Å². The lowest BCUT2D eigenvalue weighted by Gasteiger charge is -2.21. The predicted molar refractivity (Wildman–Crippen MR) is 76.7 cm³/mol. The van der Waals surface area contributed by atoms with E-state index in [2.05, 4.69) is 4.72 Å². The highest BCUT2D eigenvalue weighted by Gasteiger charge is 2.21. The molecule has 1 aromatic carbocycles. The van der Waals surface area contributed by atoms with E-state index in [1.165, 1.54) is 0 Å². The van der Waals surface area contributed by atoms with Crippen molar-refractivity contribution in [3.05, 3.63) is 29.3 Å². The molecule has 2 N–H and O–H groups in total. The van der Waals surface area contributed by atoms with Crippen molar-refractivity contribution < 1.29 is 13.5 Å². The second kappa shape index (κ2) is 5.61. The van der Waals surface area contributed by atoms with E-state index in [-0.39, 0.29) is 16.9 Å². The van der Waals surface area contributed by atoms with E-state index in [4.69, 9.17) is 0 Å². The lowest BCUT2D eigenvalue weighted by atomic mass is 9.87. The number of rotatable bonds is 4. The Morgan fingerprint density at radius 2 is 1.89 bits per heavy atom. The van der Waals surface area contributed by atoms with Crippen LogP contribution in [0.5, 0.6) is 0 Å². The van der Waals surface area contributed by atoms with Crippen molar-refractivity contribution in [2.75, 3.05) is 6.54 Å². The maximum Gasteiger partial charge on any atom is 0.240 e. The third-order valence-electron chi connectivity index (χ3n) is 2.91. The minimum Gasteiger partial charge on any atom is -0.392 e. The van der Waals surface area contributed by atoms with Gasteiger partial charge in [0.25, 0.3) is 0 Å². The maximum atomic E-state index is 12.2. The highest BCUT2D eigenvalue weighted by atomic mass is 32.2. The molecule has 0 aromatic heterocycles. The number of hydrogen-bond acceptors (Lipinski definition) is 3. The Labute approximate surface area is 115 Å². The average molecular weight is 285 g/mol. The van der Waals surface area contributed by atoms with E-state index in [9.17, 15) is 13.5 Å². The average Bonchev–Trinajstić information content (AvgIpc) is 2.25. The van der Waals surface area contributed by atoms with Crippen molar-refractivity contribution in [2.45, 2.75) is 51.0 Å². The van der Waals surface area contributed by atoms with E-state index in [0.29, 0.717) is 5.56 Å². The molecule has 0 spiro atoms. The van der Waals surface area contributed by atoms with Gasteiger partial charge in [-0.15, -0.1) is 0 Å². The van der Waals surface area contributed by atoms with Gasteiger partial charge >= 0.3 is 0 Å². The molecule has 108 valence electrons. The third kappa shape index (κ3) is 4.30. The Hall–Kier alpha value is -0.910. The zero-order valence-electron chi connectivity index (χ0n) is 12.2. The Morgan fingerprint density at radius 1 is 1.32 bits per heavy atom. The quantitative estimate of drug-likeness (QED) is 0.888. The molecule has 0 heterocycles. The summed E-state index contributed by atoms with van der Waals surface area (Å²) in [6.07, 6.45) is -0.708. The molecule has 19 heavy (non-hydrogen) atoms. The summed E-state index contributed by atoms with van der Waals surface area (Å²) in [5.74, 6) is 0. The first kappa shape index (κ1) is 16.1. The summed E-state index contributed by atoms with van der Waals surface area (Å²) in [5, 5.41) is 9.19. The molecule has 0 amide bonds. The Kier molecular flexibility index (Phi) is 4.76. The number of hydrogen-bond donors (Lipinski definition) is 2. The Bertz CT molecular complexity index is 542. The second-order valence-corrected chi connectivity index (χ2v) is 7.67. The molecular weight excluding hydrogens is 262 g/mol. The smallest absolute Gasteiger partial charge is 0.240 e. The monoisotopic (exact) mass is 285 g/mol. The topological polar surface area (TPSA) is 66.4 Å². The van der Waals surface area contributed by atoms with E-state index in [1.54, 1.807) is 19.9 Å². The number of aliphatic hydroxyl groups is 1. The lowest BCUT2D eigenvalue weighted by molar-refractivity contribution is 0.198. The van der Waals surface area contributed by atoms with Crippen molar-refractivity contribution >= 4 is 10.0 Å². The van der Waals surface area contributed by atoms with Crippen molar-refractivity contribution in [1.29, 1.82) is 0 Å². The van der Waals surface area contributed by atoms with Crippen LogP contribution in [0.1, 0.15) is 38.8 Å². The molecule has 0 aliphatic rings. The van der Waals surface area contributed by atoms with E-state index >= 15 is 0 Å². The van der Waals surface area contributed by atoms with Crippen molar-refractivity contribution in [3.8, 4) is 0 Å². The van der Waals surface area contributed by atoms with Crippen LogP contribution in [-0.2, 0) is 15.4 Å². The zero-order valence-corrected chi connectivity index (χ0v) is 13.0. The van der Waals surface area contributed by atoms with Gasteiger partial charge < -0.3 is 5.11 Å². The fraction of sp³-hybridized carbons (Fsp3) is 0.571. The van der Waals surface area contributed by atoms with E-state index in [1.807, 2.05) is 32.9 Å². The number of aryl methyl sites for hydroxylation is 1. The fourth-order valence-electron chi connectivity index (χ4n) is 1.66. The van der Waals surface area contributed by atoms with Crippen molar-refractivity contribution in [2.24, 2.45) is 0 Å². The summed E-state index contributed by atoms with van der Waals surface area (Å²) in [6, 6.07) is 5.47. The molecule has 0 unspecified atom stereocenters. The molecule has 0 fully saturated rings. The molecule has 1 atom stereocenters. The maximum absolute atomic E-state index is 12.2. The first-order valence-electron chi connectivity index (χ1n) is 6.33. The SMILES string of the molecule is Cc1ccc(C(C)(C)C)cc1S(=O)(=O)NC[C@@H](C)O. The van der Waals surface area contributed by atoms with Gasteiger partial charge in [-0.25, -0.2) is 13.1 Å². The van der Waals surface area contributed by atoms with Crippen LogP contribution in [0.2, 0.25) is 0 Å². The van der Waals surface area contributed by atoms with Gasteiger partial charge in [0.05, 0.1) is 11.0 Å². The van der Waals surface area contributed by atoms with Crippen LogP contribution in [0.15, 0.2) is 23.1 Å². The van der Waals surface area contributed by atoms with Crippen LogP contribution < -0.4 is 4.72 Å². The molecular formula is C14H23NO3S. The standard InChI is InChI=1S/C14H23NO3S/c1-10-6-7-12(14(3,4)5)8-13(10)19(17,18)15-9-11(2)16/h6-8,11,15-16H,9H2,1-5H3/t11-/m1/s1. The number of benzene rings is 1. The predicted octanol–water partition coefficient (Wildman–Crippen LogP) is 1.95. The van der Waals surface area contributed by atoms with Gasteiger partial charge in [-0.1, -0.05) is 32.9 Å². The minimum atomic E-state index is -3.58. The van der Waals surface area contributed by atoms with Gasteiger partial charge in [0.15, 0.2) is 0 Å². The van der Waals surface area contributed by atoms with E-state index in [0.717, 1.165) is 5.56 Å². The van der Waals surface area contributed by atoms with Crippen LogP contribution in [-0.4, -0.2) is 26.2 Å². The molecule has 0 saturated carbocycles. The molecule has 0 aliphatic carbocycles. The molecule has 0 bridgehead atoms. The van der Waals surface area contributed by atoms with Crippen LogP contribution >= 0.6 is 0 Å². The van der Waals surface area contributed by atoms with Gasteiger partial charge in [0, 0.05) is 6.54 Å². The first-order chi connectivity index (χ1) is 8.54. The van der Waals surface area contributed by atoms with Crippen LogP contribution in [0.3, 0.4) is 0 Å². The molecule has 1 aromatic rings. The highest BCUT2D eigenvalue weighted by molar-refractivity contribution is 7.89. The number of sulfonamides is 1. The number of aliphatic hydroxyl groups excluding tert-OH is 1. The van der Waals surface area contributed by atoms with Gasteiger partial charge in [0.1, 0.15) is 0 Å². The summed E-state index contributed by atoms with van der Waals surface area (Å²) in [4.78, 5) is 0.278. The zero-order chi connectivity index (χ0) is 14.8. The van der Waals surface area contributed by atoms with Gasteiger partial charge in [-0.2, -0.15) is 0 Å². The molecule has 5 heteroatoms.